The van der Waals surface area contributed by atoms with Crippen LogP contribution >= 0.6 is 14.5 Å². The van der Waals surface area contributed by atoms with Gasteiger partial charge in [0.25, 0.3) is 0 Å². The van der Waals surface area contributed by atoms with Crippen molar-refractivity contribution in [3.05, 3.63) is 73.3 Å². The van der Waals surface area contributed by atoms with Crippen LogP contribution in [0.4, 0.5) is 5.82 Å². The third-order valence-electron chi connectivity index (χ3n) is 5.52. The summed E-state index contributed by atoms with van der Waals surface area (Å²) in [6.45, 7) is -4.86. The summed E-state index contributed by atoms with van der Waals surface area (Å²) in [7, 11) is -4.58. The molecule has 14 nitrogen and oxygen atoms in total. The van der Waals surface area contributed by atoms with Crippen molar-refractivity contribution < 1.29 is 42.3 Å². The molecule has 206 valence electrons. The first-order valence-electron chi connectivity index (χ1n) is 11.4. The molecule has 2 aromatic heterocycles. The van der Waals surface area contributed by atoms with Crippen LogP contribution in [0.15, 0.2) is 73.3 Å². The van der Waals surface area contributed by atoms with Gasteiger partial charge in [-0.05, 0) is 36.1 Å². The van der Waals surface area contributed by atoms with Gasteiger partial charge in [0.05, 0.1) is 12.9 Å². The Morgan fingerprint density at radius 2 is 1.59 bits per heavy atom. The lowest BCUT2D eigenvalue weighted by Crippen LogP contribution is -2.33. The zero-order valence-electron chi connectivity index (χ0n) is 19.9. The molecule has 0 amide bonds. The van der Waals surface area contributed by atoms with Gasteiger partial charge in [0.1, 0.15) is 41.7 Å². The van der Waals surface area contributed by atoms with E-state index in [4.69, 9.17) is 40.2 Å². The van der Waals surface area contributed by atoms with E-state index in [1.54, 1.807) is 36.4 Å². The van der Waals surface area contributed by atoms with E-state index in [9.17, 15) is 19.7 Å². The van der Waals surface area contributed by atoms with E-state index >= 15 is 0 Å². The second kappa shape index (κ2) is 11.3. The summed E-state index contributed by atoms with van der Waals surface area (Å²) in [5.41, 5.74) is 6.37. The lowest BCUT2D eigenvalue weighted by molar-refractivity contribution is -0.0486. The molecule has 17 heteroatoms. The molecule has 0 spiro atoms. The van der Waals surface area contributed by atoms with Crippen molar-refractivity contribution in [2.45, 2.75) is 24.5 Å². The second-order valence-corrected chi connectivity index (χ2v) is 12.7. The molecule has 2 aromatic carbocycles. The van der Waals surface area contributed by atoms with Gasteiger partial charge in [-0.3, -0.25) is 4.57 Å². The van der Waals surface area contributed by atoms with Crippen molar-refractivity contribution in [3.63, 3.8) is 0 Å². The molecule has 3 heterocycles. The maximum absolute atomic E-state index is 13.5. The standard InChI is InChI=1S/C22H23N5O9P2S/c23-20-17-21(25-12-24-20)27(13-26-17)22-19(29)18(28)16(33-22)11-32-38(31,39)36-37(30,34-14-7-3-1-4-8-14)35-15-9-5-2-6-10-15/h1-10,12-13,16,18-19,22,28-29H,11H2,(H,31,39)(H2,23,24,25)/t16-,18-,19-,22-,38?/m1/s1. The number of nitrogens with zero attached hydrogens (tertiary/aromatic N) is 4. The van der Waals surface area contributed by atoms with Crippen LogP contribution in [0.25, 0.3) is 11.2 Å². The number of hydrogen-bond donors (Lipinski definition) is 4. The van der Waals surface area contributed by atoms with Gasteiger partial charge >= 0.3 is 14.5 Å². The van der Waals surface area contributed by atoms with Crippen molar-refractivity contribution in [2.24, 2.45) is 0 Å². The number of anilines is 1. The highest BCUT2D eigenvalue weighted by Crippen LogP contribution is 2.63. The van der Waals surface area contributed by atoms with Crippen LogP contribution in [-0.2, 0) is 29.9 Å². The zero-order chi connectivity index (χ0) is 27.6. The molecule has 1 fully saturated rings. The average Bonchev–Trinajstić information content (AvgIpc) is 3.45. The summed E-state index contributed by atoms with van der Waals surface area (Å²) in [6.07, 6.45) is -2.64. The van der Waals surface area contributed by atoms with E-state index in [2.05, 4.69) is 15.0 Å². The molecule has 1 aliphatic heterocycles. The number of nitrogen functional groups attached to an aromatic ring is 1. The third-order valence-corrected chi connectivity index (χ3v) is 9.41. The molecule has 0 bridgehead atoms. The fraction of sp³-hybridized carbons (Fsp3) is 0.227. The second-order valence-electron chi connectivity index (χ2n) is 8.23. The van der Waals surface area contributed by atoms with Crippen LogP contribution in [-0.4, -0.2) is 59.5 Å². The van der Waals surface area contributed by atoms with Crippen molar-refractivity contribution in [1.82, 2.24) is 19.5 Å². The zero-order valence-corrected chi connectivity index (χ0v) is 22.5. The summed E-state index contributed by atoms with van der Waals surface area (Å²) in [6, 6.07) is 16.0. The molecule has 39 heavy (non-hydrogen) atoms. The van der Waals surface area contributed by atoms with Gasteiger partial charge in [-0.1, -0.05) is 36.4 Å². The first-order chi connectivity index (χ1) is 18.6. The largest absolute Gasteiger partial charge is 0.595 e. The minimum absolute atomic E-state index is 0.129. The number of aromatic nitrogens is 4. The van der Waals surface area contributed by atoms with Crippen molar-refractivity contribution in [1.29, 1.82) is 0 Å². The van der Waals surface area contributed by atoms with Gasteiger partial charge in [-0.2, -0.15) is 4.31 Å². The number of hydrogen-bond acceptors (Lipinski definition) is 13. The number of aliphatic hydroxyl groups excluding tert-OH is 2. The molecule has 5 rings (SSSR count). The molecular weight excluding hydrogens is 572 g/mol. The number of fused-ring (bicyclic) bond motifs is 1. The van der Waals surface area contributed by atoms with E-state index < -0.39 is 45.7 Å². The molecule has 0 aliphatic carbocycles. The Bertz CT molecular complexity index is 1480. The van der Waals surface area contributed by atoms with Gasteiger partial charge in [0, 0.05) is 0 Å². The Morgan fingerprint density at radius 3 is 2.21 bits per heavy atom. The Kier molecular flexibility index (Phi) is 7.96. The van der Waals surface area contributed by atoms with Crippen molar-refractivity contribution >= 4 is 43.3 Å². The lowest BCUT2D eigenvalue weighted by Gasteiger charge is -2.24. The number of phosphoric acid groups is 1. The summed E-state index contributed by atoms with van der Waals surface area (Å²) in [5.74, 6) is 0.387. The number of aliphatic hydroxyl groups is 2. The number of benzene rings is 2. The molecule has 4 aromatic rings. The summed E-state index contributed by atoms with van der Waals surface area (Å²) >= 11 is 5.06. The van der Waals surface area contributed by atoms with Gasteiger partial charge in [0.2, 0.25) is 0 Å². The van der Waals surface area contributed by atoms with Crippen LogP contribution < -0.4 is 14.8 Å². The highest BCUT2D eigenvalue weighted by Gasteiger charge is 2.46. The minimum atomic E-state index is -4.58. The number of phosphoric ester groups is 1. The van der Waals surface area contributed by atoms with Gasteiger partial charge in [-0.15, -0.1) is 0 Å². The highest BCUT2D eigenvalue weighted by atomic mass is 32.5. The van der Waals surface area contributed by atoms with Crippen LogP contribution in [0.5, 0.6) is 11.5 Å². The van der Waals surface area contributed by atoms with Crippen LogP contribution in [0.3, 0.4) is 0 Å². The Balaban J connectivity index is 1.29. The fourth-order valence-corrected chi connectivity index (χ4v) is 7.26. The van der Waals surface area contributed by atoms with E-state index in [1.165, 1.54) is 41.5 Å². The van der Waals surface area contributed by atoms with Crippen LogP contribution in [0.1, 0.15) is 6.23 Å². The predicted molar refractivity (Wildman–Crippen MR) is 141 cm³/mol. The van der Waals surface area contributed by atoms with Gasteiger partial charge < -0.3 is 39.1 Å². The first kappa shape index (κ1) is 27.6. The van der Waals surface area contributed by atoms with Crippen molar-refractivity contribution in [3.8, 4) is 11.5 Å². The molecule has 5 N–H and O–H groups in total. The molecule has 1 unspecified atom stereocenters. The third kappa shape index (κ3) is 6.28. The van der Waals surface area contributed by atoms with E-state index in [-0.39, 0.29) is 28.5 Å². The quantitative estimate of drug-likeness (QED) is 0.195. The fourth-order valence-electron chi connectivity index (χ4n) is 3.74. The smallest absolute Gasteiger partial charge is 0.395 e. The minimum Gasteiger partial charge on any atom is -0.395 e. The summed E-state index contributed by atoms with van der Waals surface area (Å²) in [5, 5.41) is 21.2. The molecule has 5 atom stereocenters. The average molecular weight is 595 g/mol. The molecule has 1 aliphatic rings. The first-order valence-corrected chi connectivity index (χ1v) is 15.4. The summed E-state index contributed by atoms with van der Waals surface area (Å²) in [4.78, 5) is 22.8. The van der Waals surface area contributed by atoms with Gasteiger partial charge in [0.15, 0.2) is 17.7 Å². The van der Waals surface area contributed by atoms with Crippen LogP contribution in [0, 0.1) is 0 Å². The van der Waals surface area contributed by atoms with E-state index in [0.29, 0.717) is 0 Å². The number of nitrogens with two attached hydrogens (primary N) is 1. The molecule has 1 saturated heterocycles. The lowest BCUT2D eigenvalue weighted by atomic mass is 10.1. The monoisotopic (exact) mass is 595 g/mol. The normalized spacial score (nSPS) is 22.9. The molecule has 0 saturated carbocycles. The maximum Gasteiger partial charge on any atom is 0.595 e. The van der Waals surface area contributed by atoms with Crippen LogP contribution in [0.2, 0.25) is 0 Å². The SMILES string of the molecule is Nc1ncnc2c1ncn2[C@@H]1O[C@H](COP(O)(=S)OP(=O)(Oc2ccccc2)Oc2ccccc2)[C@@H](O)[C@H]1O. The van der Waals surface area contributed by atoms with E-state index in [0.717, 1.165) is 0 Å². The molecule has 0 radical (unpaired) electrons. The Hall–Kier alpha value is -2.97. The Morgan fingerprint density at radius 1 is 0.974 bits per heavy atom. The van der Waals surface area contributed by atoms with Gasteiger partial charge in [-0.25, -0.2) is 19.5 Å². The highest BCUT2D eigenvalue weighted by molar-refractivity contribution is 8.08. The maximum atomic E-state index is 13.5. The van der Waals surface area contributed by atoms with E-state index in [1.807, 2.05) is 0 Å². The topological polar surface area (TPSA) is 194 Å². The Labute approximate surface area is 226 Å². The summed E-state index contributed by atoms with van der Waals surface area (Å²) < 4.78 is 42.2. The number of para-hydroxylation sites is 2. The van der Waals surface area contributed by atoms with Crippen molar-refractivity contribution in [2.75, 3.05) is 12.3 Å². The molecular formula is C22H23N5O9P2S. The predicted octanol–water partition coefficient (Wildman–Crippen LogP) is 2.54. The number of rotatable bonds is 10. The number of ether oxygens (including phenoxy) is 1. The number of imidazole rings is 1.